The zero-order valence-electron chi connectivity index (χ0n) is 7.27. The smallest absolute Gasteiger partial charge is 0.166 e. The molecule has 3 rings (SSSR count). The van der Waals surface area contributed by atoms with Gasteiger partial charge in [-0.15, -0.1) is 0 Å². The molecule has 0 spiro atoms. The van der Waals surface area contributed by atoms with Gasteiger partial charge in [-0.1, -0.05) is 11.2 Å². The molecule has 4 nitrogen and oxygen atoms in total. The molecule has 0 saturated carbocycles. The predicted octanol–water partition coefficient (Wildman–Crippen LogP) is 2.22. The summed E-state index contributed by atoms with van der Waals surface area (Å²) in [6, 6.07) is 5.92. The molecular weight excluding hydrogens is 178 g/mol. The van der Waals surface area contributed by atoms with Crippen molar-refractivity contribution in [2.45, 2.75) is 0 Å². The van der Waals surface area contributed by atoms with Crippen LogP contribution < -0.4 is 0 Å². The van der Waals surface area contributed by atoms with Gasteiger partial charge in [0.1, 0.15) is 0 Å². The van der Waals surface area contributed by atoms with Gasteiger partial charge in [0.25, 0.3) is 0 Å². The third kappa shape index (κ3) is 1.01. The summed E-state index contributed by atoms with van der Waals surface area (Å²) < 4.78 is 5.02. The zero-order valence-corrected chi connectivity index (χ0v) is 7.27. The van der Waals surface area contributed by atoms with E-state index in [0.29, 0.717) is 0 Å². The van der Waals surface area contributed by atoms with Crippen LogP contribution in [0.1, 0.15) is 0 Å². The fraction of sp³-hybridized carbons (Fsp3) is 0. The van der Waals surface area contributed by atoms with E-state index in [2.05, 4.69) is 15.4 Å². The van der Waals surface area contributed by atoms with Crippen molar-refractivity contribution < 1.29 is 4.52 Å². The summed E-state index contributed by atoms with van der Waals surface area (Å²) in [5.41, 5.74) is 2.97. The van der Waals surface area contributed by atoms with Crippen molar-refractivity contribution >= 4 is 11.0 Å². The Morgan fingerprint density at radius 1 is 1.14 bits per heavy atom. The molecular formula is C10H7N3O. The summed E-state index contributed by atoms with van der Waals surface area (Å²) in [5.74, 6) is 0. The standard InChI is InChI=1S/C10H7N3O/c1-2-10-8(6-13-14-10)3-7(1)9-4-11-12-5-9/h1-6H,(H,11,12). The number of nitrogens with zero attached hydrogens (tertiary/aromatic N) is 2. The van der Waals surface area contributed by atoms with Crippen LogP contribution in [0.25, 0.3) is 22.1 Å². The maximum atomic E-state index is 5.02. The second-order valence-electron chi connectivity index (χ2n) is 3.07. The van der Waals surface area contributed by atoms with Gasteiger partial charge in [-0.25, -0.2) is 0 Å². The monoisotopic (exact) mass is 185 g/mol. The van der Waals surface area contributed by atoms with Gasteiger partial charge in [-0.2, -0.15) is 5.10 Å². The lowest BCUT2D eigenvalue weighted by Crippen LogP contribution is -1.72. The molecule has 2 heterocycles. The number of fused-ring (bicyclic) bond motifs is 1. The van der Waals surface area contributed by atoms with E-state index in [1.54, 1.807) is 12.4 Å². The average molecular weight is 185 g/mol. The van der Waals surface area contributed by atoms with Crippen LogP contribution in [0.5, 0.6) is 0 Å². The molecule has 0 aliphatic rings. The first-order chi connectivity index (χ1) is 6.93. The van der Waals surface area contributed by atoms with E-state index >= 15 is 0 Å². The Morgan fingerprint density at radius 3 is 3.00 bits per heavy atom. The minimum atomic E-state index is 0.803. The minimum absolute atomic E-state index is 0.803. The van der Waals surface area contributed by atoms with Crippen molar-refractivity contribution in [1.29, 1.82) is 0 Å². The maximum absolute atomic E-state index is 5.02. The maximum Gasteiger partial charge on any atom is 0.166 e. The van der Waals surface area contributed by atoms with E-state index in [1.807, 2.05) is 24.4 Å². The molecule has 0 aliphatic carbocycles. The molecule has 1 aromatic carbocycles. The third-order valence-corrected chi connectivity index (χ3v) is 2.18. The van der Waals surface area contributed by atoms with Crippen LogP contribution in [0.4, 0.5) is 0 Å². The van der Waals surface area contributed by atoms with Crippen LogP contribution in [0, 0.1) is 0 Å². The van der Waals surface area contributed by atoms with E-state index in [9.17, 15) is 0 Å². The van der Waals surface area contributed by atoms with Crippen molar-refractivity contribution in [2.24, 2.45) is 0 Å². The molecule has 1 N–H and O–H groups in total. The highest BCUT2D eigenvalue weighted by molar-refractivity contribution is 5.82. The molecule has 0 unspecified atom stereocenters. The SMILES string of the molecule is c1cc2oncc2cc1-c1cn[nH]c1. The molecule has 68 valence electrons. The van der Waals surface area contributed by atoms with Gasteiger partial charge in [0.15, 0.2) is 5.58 Å². The van der Waals surface area contributed by atoms with Crippen molar-refractivity contribution in [3.8, 4) is 11.1 Å². The molecule has 14 heavy (non-hydrogen) atoms. The summed E-state index contributed by atoms with van der Waals surface area (Å²) in [7, 11) is 0. The van der Waals surface area contributed by atoms with Crippen molar-refractivity contribution in [1.82, 2.24) is 15.4 Å². The molecule has 0 aliphatic heterocycles. The predicted molar refractivity (Wildman–Crippen MR) is 51.6 cm³/mol. The molecule has 2 aromatic heterocycles. The van der Waals surface area contributed by atoms with Crippen LogP contribution in [0.15, 0.2) is 41.3 Å². The highest BCUT2D eigenvalue weighted by Gasteiger charge is 2.02. The Kier molecular flexibility index (Phi) is 1.41. The van der Waals surface area contributed by atoms with Gasteiger partial charge in [0, 0.05) is 17.1 Å². The van der Waals surface area contributed by atoms with Gasteiger partial charge >= 0.3 is 0 Å². The molecule has 0 amide bonds. The van der Waals surface area contributed by atoms with E-state index in [-0.39, 0.29) is 0 Å². The van der Waals surface area contributed by atoms with Crippen molar-refractivity contribution in [3.05, 3.63) is 36.8 Å². The first-order valence-electron chi connectivity index (χ1n) is 4.27. The average Bonchev–Trinajstić information content (AvgIpc) is 2.88. The highest BCUT2D eigenvalue weighted by Crippen LogP contribution is 2.22. The number of nitrogens with one attached hydrogen (secondary N) is 1. The minimum Gasteiger partial charge on any atom is -0.356 e. The van der Waals surface area contributed by atoms with E-state index in [1.165, 1.54) is 0 Å². The number of aromatic amines is 1. The van der Waals surface area contributed by atoms with Crippen LogP contribution in [0.2, 0.25) is 0 Å². The Balaban J connectivity index is 2.23. The number of aromatic nitrogens is 3. The summed E-state index contributed by atoms with van der Waals surface area (Å²) in [6.07, 6.45) is 5.35. The summed E-state index contributed by atoms with van der Waals surface area (Å²) in [4.78, 5) is 0. The highest BCUT2D eigenvalue weighted by atomic mass is 16.5. The Morgan fingerprint density at radius 2 is 2.14 bits per heavy atom. The first-order valence-corrected chi connectivity index (χ1v) is 4.27. The number of hydrogen-bond acceptors (Lipinski definition) is 3. The molecule has 0 fully saturated rings. The Labute approximate surface area is 79.5 Å². The van der Waals surface area contributed by atoms with Gasteiger partial charge in [0.2, 0.25) is 0 Å². The number of rotatable bonds is 1. The van der Waals surface area contributed by atoms with Crippen LogP contribution in [0.3, 0.4) is 0 Å². The summed E-state index contributed by atoms with van der Waals surface area (Å²) in [5, 5.41) is 11.4. The van der Waals surface area contributed by atoms with Gasteiger partial charge in [-0.3, -0.25) is 5.10 Å². The molecule has 3 aromatic rings. The fourth-order valence-electron chi connectivity index (χ4n) is 1.46. The molecule has 0 bridgehead atoms. The largest absolute Gasteiger partial charge is 0.356 e. The molecule has 0 atom stereocenters. The van der Waals surface area contributed by atoms with Gasteiger partial charge in [-0.05, 0) is 17.7 Å². The Hall–Kier alpha value is -2.10. The second-order valence-corrected chi connectivity index (χ2v) is 3.07. The molecule has 0 radical (unpaired) electrons. The topological polar surface area (TPSA) is 54.7 Å². The fourth-order valence-corrected chi connectivity index (χ4v) is 1.46. The van der Waals surface area contributed by atoms with Gasteiger partial charge in [0.05, 0.1) is 12.4 Å². The second kappa shape index (κ2) is 2.70. The summed E-state index contributed by atoms with van der Waals surface area (Å²) in [6.45, 7) is 0. The number of H-pyrrole nitrogens is 1. The van der Waals surface area contributed by atoms with Crippen molar-refractivity contribution in [2.75, 3.05) is 0 Å². The van der Waals surface area contributed by atoms with E-state index in [4.69, 9.17) is 4.52 Å². The van der Waals surface area contributed by atoms with E-state index < -0.39 is 0 Å². The lowest BCUT2D eigenvalue weighted by atomic mass is 10.1. The van der Waals surface area contributed by atoms with Gasteiger partial charge < -0.3 is 4.52 Å². The lowest BCUT2D eigenvalue weighted by molar-refractivity contribution is 0.456. The zero-order chi connectivity index (χ0) is 9.38. The quantitative estimate of drug-likeness (QED) is 0.632. The van der Waals surface area contributed by atoms with Crippen LogP contribution in [-0.2, 0) is 0 Å². The van der Waals surface area contributed by atoms with E-state index in [0.717, 1.165) is 22.1 Å². The number of hydrogen-bond donors (Lipinski definition) is 1. The first kappa shape index (κ1) is 7.32. The van der Waals surface area contributed by atoms with Crippen molar-refractivity contribution in [3.63, 3.8) is 0 Å². The third-order valence-electron chi connectivity index (χ3n) is 2.18. The van der Waals surface area contributed by atoms with Crippen LogP contribution in [-0.4, -0.2) is 15.4 Å². The molecule has 4 heteroatoms. The number of benzene rings is 1. The normalized spacial score (nSPS) is 10.9. The molecule has 0 saturated heterocycles. The van der Waals surface area contributed by atoms with Crippen LogP contribution >= 0.6 is 0 Å². The Bertz CT molecular complexity index is 554. The summed E-state index contributed by atoms with van der Waals surface area (Å²) >= 11 is 0. The lowest BCUT2D eigenvalue weighted by Gasteiger charge is -1.94.